The number of alkyl carbamates (subject to hydrolysis) is 1. The fraction of sp³-hybridized carbons (Fsp3) is 0.429. The molecule has 0 spiro atoms. The first kappa shape index (κ1) is 32.8. The Labute approximate surface area is 280 Å². The number of likely N-dealkylation sites (tertiary alicyclic amines) is 1. The monoisotopic (exact) mass is 679 g/mol. The minimum atomic E-state index is -4.51. The van der Waals surface area contributed by atoms with Crippen LogP contribution in [0.25, 0.3) is 33.6 Å². The minimum Gasteiger partial charge on any atom is -0.453 e. The van der Waals surface area contributed by atoms with Gasteiger partial charge in [-0.15, -0.1) is 0 Å². The minimum absolute atomic E-state index is 0.0202. The molecule has 3 atom stereocenters. The van der Waals surface area contributed by atoms with Gasteiger partial charge in [-0.3, -0.25) is 4.79 Å². The molecule has 2 aliphatic heterocycles. The van der Waals surface area contributed by atoms with Gasteiger partial charge in [0.1, 0.15) is 17.7 Å². The van der Waals surface area contributed by atoms with E-state index in [4.69, 9.17) is 0 Å². The molecule has 10 nitrogen and oxygen atoms in total. The first-order valence-electron chi connectivity index (χ1n) is 16.4. The predicted octanol–water partition coefficient (Wildman–Crippen LogP) is 6.80. The summed E-state index contributed by atoms with van der Waals surface area (Å²) in [6, 6.07) is 7.09. The van der Waals surface area contributed by atoms with E-state index in [2.05, 4.69) is 35.3 Å². The van der Waals surface area contributed by atoms with Crippen LogP contribution in [-0.2, 0) is 21.4 Å². The van der Waals surface area contributed by atoms with Crippen LogP contribution in [0.3, 0.4) is 0 Å². The van der Waals surface area contributed by atoms with E-state index in [1.54, 1.807) is 17.0 Å². The molecule has 4 aromatic rings. The van der Waals surface area contributed by atoms with Crippen molar-refractivity contribution in [3.8, 4) is 33.6 Å². The van der Waals surface area contributed by atoms with Gasteiger partial charge in [-0.1, -0.05) is 38.1 Å². The molecule has 14 heteroatoms. The number of hydrogen-bond acceptors (Lipinski definition) is 6. The first-order valence-corrected chi connectivity index (χ1v) is 16.4. The molecule has 0 saturated carbocycles. The topological polar surface area (TPSA) is 128 Å². The molecule has 258 valence electrons. The van der Waals surface area contributed by atoms with Gasteiger partial charge in [0.05, 0.1) is 43.0 Å². The SMILES string of the molecule is COC(=O)N[C@H](C(=O)N1CCC[C@H]1c1ncc(-c2ccc3c(c2)C(F)(F)C(F)(F)c2cc(-c4cnc([C@@H]5CCCN5)[nH]4)ccc2-3)[nH]1)C(C)C. The number of nitrogens with one attached hydrogen (secondary N) is 4. The molecule has 0 radical (unpaired) electrons. The maximum absolute atomic E-state index is 15.9. The Hall–Kier alpha value is -4.72. The van der Waals surface area contributed by atoms with E-state index >= 15 is 17.6 Å². The number of methoxy groups -OCH3 is 1. The van der Waals surface area contributed by atoms with E-state index in [1.807, 2.05) is 13.8 Å². The molecule has 1 aliphatic carbocycles. The van der Waals surface area contributed by atoms with Crippen LogP contribution < -0.4 is 10.6 Å². The molecular formula is C35H37F4N7O3. The smallest absolute Gasteiger partial charge is 0.407 e. The molecule has 2 aromatic heterocycles. The van der Waals surface area contributed by atoms with Crippen LogP contribution in [0.1, 0.15) is 74.4 Å². The van der Waals surface area contributed by atoms with Gasteiger partial charge >= 0.3 is 17.9 Å². The van der Waals surface area contributed by atoms with E-state index in [0.717, 1.165) is 31.5 Å². The van der Waals surface area contributed by atoms with Crippen molar-refractivity contribution in [2.45, 2.75) is 69.5 Å². The van der Waals surface area contributed by atoms with Crippen molar-refractivity contribution in [2.24, 2.45) is 5.92 Å². The molecule has 2 saturated heterocycles. The van der Waals surface area contributed by atoms with Gasteiger partial charge in [-0.2, -0.15) is 17.6 Å². The molecule has 49 heavy (non-hydrogen) atoms. The first-order chi connectivity index (χ1) is 23.4. The van der Waals surface area contributed by atoms with E-state index in [9.17, 15) is 9.59 Å². The van der Waals surface area contributed by atoms with E-state index in [0.29, 0.717) is 48.0 Å². The van der Waals surface area contributed by atoms with Crippen molar-refractivity contribution >= 4 is 12.0 Å². The zero-order valence-corrected chi connectivity index (χ0v) is 27.2. The fourth-order valence-corrected chi connectivity index (χ4v) is 7.18. The lowest BCUT2D eigenvalue weighted by Gasteiger charge is -2.35. The standard InChI is InChI=1S/C35H37F4N7O3/c1-18(2)29(45-33(48)49-3)32(47)46-13-5-7-28(46)31-42-17-27(44-31)20-9-11-22-21-10-8-19(26-16-41-30(43-26)25-6-4-12-40-25)14-23(21)34(36,37)35(38,39)24(22)15-20/h8-11,14-18,25,28-29,40H,4-7,12-13H2,1-3H3,(H,41,43)(H,42,44)(H,45,48)/t25-,28-,29-/m0/s1. The van der Waals surface area contributed by atoms with Gasteiger partial charge in [0.2, 0.25) is 5.91 Å². The Bertz CT molecular complexity index is 1900. The molecule has 2 aromatic carbocycles. The molecule has 7 rings (SSSR count). The largest absolute Gasteiger partial charge is 0.453 e. The van der Waals surface area contributed by atoms with Crippen molar-refractivity contribution in [1.82, 2.24) is 35.5 Å². The summed E-state index contributed by atoms with van der Waals surface area (Å²) in [4.78, 5) is 42.2. The Morgan fingerprint density at radius 3 is 2.04 bits per heavy atom. The number of carbonyl (C=O) groups is 2. The number of alkyl halides is 4. The molecule has 4 heterocycles. The lowest BCUT2D eigenvalue weighted by atomic mass is 9.79. The summed E-state index contributed by atoms with van der Waals surface area (Å²) in [6.45, 7) is 4.92. The maximum atomic E-state index is 15.9. The van der Waals surface area contributed by atoms with Gasteiger partial charge < -0.3 is 30.2 Å². The molecule has 0 bridgehead atoms. The van der Waals surface area contributed by atoms with Crippen molar-refractivity contribution in [3.63, 3.8) is 0 Å². The van der Waals surface area contributed by atoms with Gasteiger partial charge in [0.25, 0.3) is 0 Å². The number of rotatable bonds is 7. The Balaban J connectivity index is 1.18. The highest BCUT2D eigenvalue weighted by Crippen LogP contribution is 2.58. The molecule has 3 aliphatic rings. The van der Waals surface area contributed by atoms with Gasteiger partial charge in [0, 0.05) is 28.8 Å². The number of H-pyrrole nitrogens is 2. The number of fused-ring (bicyclic) bond motifs is 3. The predicted molar refractivity (Wildman–Crippen MR) is 173 cm³/mol. The molecule has 2 fully saturated rings. The number of benzene rings is 2. The van der Waals surface area contributed by atoms with Crippen LogP contribution in [0, 0.1) is 5.92 Å². The van der Waals surface area contributed by atoms with Gasteiger partial charge in [-0.25, -0.2) is 14.8 Å². The summed E-state index contributed by atoms with van der Waals surface area (Å²) in [5.41, 5.74) is -0.0643. The number of ether oxygens (including phenoxy) is 1. The summed E-state index contributed by atoms with van der Waals surface area (Å²) in [7, 11) is 1.22. The maximum Gasteiger partial charge on any atom is 0.407 e. The van der Waals surface area contributed by atoms with Crippen LogP contribution in [-0.4, -0.2) is 63.1 Å². The quantitative estimate of drug-likeness (QED) is 0.159. The molecule has 0 unspecified atom stereocenters. The molecule has 4 N–H and O–H groups in total. The number of nitrogens with zero attached hydrogens (tertiary/aromatic N) is 3. The number of hydrogen-bond donors (Lipinski definition) is 4. The van der Waals surface area contributed by atoms with E-state index < -0.39 is 41.1 Å². The highest BCUT2D eigenvalue weighted by molar-refractivity contribution is 5.86. The highest BCUT2D eigenvalue weighted by atomic mass is 19.3. The summed E-state index contributed by atoms with van der Waals surface area (Å²) in [5.74, 6) is -8.40. The van der Waals surface area contributed by atoms with Crippen LogP contribution >= 0.6 is 0 Å². The van der Waals surface area contributed by atoms with Crippen LogP contribution in [0.15, 0.2) is 48.8 Å². The normalized spacial score (nSPS) is 21.3. The second-order valence-corrected chi connectivity index (χ2v) is 13.2. The number of imidazole rings is 2. The Kier molecular flexibility index (Phi) is 8.24. The fourth-order valence-electron chi connectivity index (χ4n) is 7.18. The van der Waals surface area contributed by atoms with Crippen molar-refractivity contribution in [3.05, 3.63) is 71.6 Å². The molecular weight excluding hydrogens is 642 g/mol. The van der Waals surface area contributed by atoms with E-state index in [-0.39, 0.29) is 34.6 Å². The third-order valence-electron chi connectivity index (χ3n) is 9.85. The number of aromatic amines is 2. The average Bonchev–Trinajstić information content (AvgIpc) is 3.92. The van der Waals surface area contributed by atoms with Crippen LogP contribution in [0.4, 0.5) is 22.4 Å². The zero-order chi connectivity index (χ0) is 34.7. The Morgan fingerprint density at radius 1 is 0.898 bits per heavy atom. The van der Waals surface area contributed by atoms with E-state index in [1.165, 1.54) is 31.6 Å². The van der Waals surface area contributed by atoms with Crippen LogP contribution in [0.2, 0.25) is 0 Å². The second-order valence-electron chi connectivity index (χ2n) is 13.2. The van der Waals surface area contributed by atoms with Gasteiger partial charge in [-0.05, 0) is 61.4 Å². The van der Waals surface area contributed by atoms with Crippen molar-refractivity contribution in [2.75, 3.05) is 20.2 Å². The number of carbonyl (C=O) groups excluding carboxylic acids is 2. The highest BCUT2D eigenvalue weighted by Gasteiger charge is 2.62. The summed E-state index contributed by atoms with van der Waals surface area (Å²) in [6.07, 6.45) is 5.45. The number of halogens is 4. The zero-order valence-electron chi connectivity index (χ0n) is 27.2. The van der Waals surface area contributed by atoms with Crippen molar-refractivity contribution in [1.29, 1.82) is 0 Å². The third kappa shape index (κ3) is 5.55. The number of aromatic nitrogens is 4. The summed E-state index contributed by atoms with van der Waals surface area (Å²) < 4.78 is 68.0. The lowest BCUT2D eigenvalue weighted by Crippen LogP contribution is -2.51. The van der Waals surface area contributed by atoms with Crippen molar-refractivity contribution < 1.29 is 31.9 Å². The summed E-state index contributed by atoms with van der Waals surface area (Å²) >= 11 is 0. The van der Waals surface area contributed by atoms with Crippen LogP contribution in [0.5, 0.6) is 0 Å². The molecule has 2 amide bonds. The van der Waals surface area contributed by atoms with Gasteiger partial charge in [0.15, 0.2) is 0 Å². The second kappa shape index (κ2) is 12.3. The number of amides is 2. The average molecular weight is 680 g/mol. The lowest BCUT2D eigenvalue weighted by molar-refractivity contribution is -0.225. The third-order valence-corrected chi connectivity index (χ3v) is 9.85. The summed E-state index contributed by atoms with van der Waals surface area (Å²) in [5, 5.41) is 5.92. The Morgan fingerprint density at radius 2 is 1.49 bits per heavy atom.